The summed E-state index contributed by atoms with van der Waals surface area (Å²) in [6.07, 6.45) is 3.33. The summed E-state index contributed by atoms with van der Waals surface area (Å²) in [4.78, 5) is 11.7. The molecule has 2 fully saturated rings. The van der Waals surface area contributed by atoms with Gasteiger partial charge in [-0.1, -0.05) is 13.0 Å². The number of ether oxygens (including phenoxy) is 1. The molecule has 1 aromatic carbocycles. The van der Waals surface area contributed by atoms with E-state index < -0.39 is 20.0 Å². The molecule has 0 bridgehead atoms. The van der Waals surface area contributed by atoms with E-state index in [0.717, 1.165) is 12.5 Å². The van der Waals surface area contributed by atoms with Crippen molar-refractivity contribution in [2.75, 3.05) is 39.4 Å². The normalized spacial score (nSPS) is 22.2. The number of nitrogens with one attached hydrogen (secondary N) is 1. The summed E-state index contributed by atoms with van der Waals surface area (Å²) in [7, 11) is -7.51. The molecule has 3 rings (SSSR count). The summed E-state index contributed by atoms with van der Waals surface area (Å²) >= 11 is 0. The van der Waals surface area contributed by atoms with E-state index in [0.29, 0.717) is 32.6 Å². The largest absolute Gasteiger partial charge is 0.379 e. The first kappa shape index (κ1) is 22.9. The Morgan fingerprint density at radius 2 is 1.53 bits per heavy atom. The maximum Gasteiger partial charge on any atom is 0.243 e. The first-order valence-electron chi connectivity index (χ1n) is 9.86. The Labute approximate surface area is 177 Å². The molecule has 1 N–H and O–H groups in total. The van der Waals surface area contributed by atoms with Crippen molar-refractivity contribution < 1.29 is 26.4 Å². The van der Waals surface area contributed by atoms with Crippen LogP contribution in [0.1, 0.15) is 19.3 Å². The number of nitrogens with zero attached hydrogens (tertiary/aromatic N) is 2. The number of hydrogen-bond acceptors (Lipinski definition) is 6. The average molecular weight is 458 g/mol. The topological polar surface area (TPSA) is 113 Å². The Bertz CT molecular complexity index is 970. The predicted molar refractivity (Wildman–Crippen MR) is 111 cm³/mol. The summed E-state index contributed by atoms with van der Waals surface area (Å²) in [5.41, 5.74) is 0. The SMILES string of the molecule is C=CC(=O)NC1CCCCN(S(=O)(=O)c2ccc(S(=O)(=O)N3CCOCC3)cc2)C1. The molecule has 0 aromatic heterocycles. The zero-order chi connectivity index (χ0) is 21.8. The quantitative estimate of drug-likeness (QED) is 0.625. The highest BCUT2D eigenvalue weighted by Gasteiger charge is 2.31. The lowest BCUT2D eigenvalue weighted by atomic mass is 10.1. The monoisotopic (exact) mass is 457 g/mol. The van der Waals surface area contributed by atoms with Gasteiger partial charge >= 0.3 is 0 Å². The highest BCUT2D eigenvalue weighted by Crippen LogP contribution is 2.23. The van der Waals surface area contributed by atoms with E-state index in [1.165, 1.54) is 32.9 Å². The minimum absolute atomic E-state index is 0.0270. The van der Waals surface area contributed by atoms with E-state index in [1.54, 1.807) is 0 Å². The Morgan fingerprint density at radius 1 is 0.967 bits per heavy atom. The van der Waals surface area contributed by atoms with E-state index >= 15 is 0 Å². The number of rotatable bonds is 6. The average Bonchev–Trinajstić information content (AvgIpc) is 3.00. The van der Waals surface area contributed by atoms with Gasteiger partial charge in [0.1, 0.15) is 0 Å². The molecule has 1 atom stereocenters. The van der Waals surface area contributed by atoms with Gasteiger partial charge in [0, 0.05) is 32.2 Å². The second kappa shape index (κ2) is 9.56. The summed E-state index contributed by atoms with van der Waals surface area (Å²) in [6.45, 7) is 5.15. The summed E-state index contributed by atoms with van der Waals surface area (Å²) in [5, 5.41) is 2.77. The van der Waals surface area contributed by atoms with Crippen LogP contribution in [0.4, 0.5) is 0 Å². The summed E-state index contributed by atoms with van der Waals surface area (Å²) < 4.78 is 59.6. The van der Waals surface area contributed by atoms with Gasteiger partial charge in [0.25, 0.3) is 0 Å². The van der Waals surface area contributed by atoms with E-state index in [1.807, 2.05) is 0 Å². The van der Waals surface area contributed by atoms with Gasteiger partial charge in [-0.2, -0.15) is 8.61 Å². The molecule has 9 nitrogen and oxygen atoms in total. The van der Waals surface area contributed by atoms with E-state index in [4.69, 9.17) is 4.74 Å². The van der Waals surface area contributed by atoms with Crippen LogP contribution in [-0.4, -0.2) is 76.8 Å². The first-order chi connectivity index (χ1) is 14.2. The van der Waals surface area contributed by atoms with Gasteiger partial charge < -0.3 is 10.1 Å². The Morgan fingerprint density at radius 3 is 2.10 bits per heavy atom. The van der Waals surface area contributed by atoms with Gasteiger partial charge in [0.15, 0.2) is 0 Å². The molecule has 0 saturated carbocycles. The van der Waals surface area contributed by atoms with Gasteiger partial charge in [-0.05, 0) is 43.2 Å². The molecule has 2 saturated heterocycles. The van der Waals surface area contributed by atoms with Gasteiger partial charge in [-0.15, -0.1) is 0 Å². The number of benzene rings is 1. The number of hydrogen-bond donors (Lipinski definition) is 1. The molecular weight excluding hydrogens is 430 g/mol. The van der Waals surface area contributed by atoms with E-state index in [9.17, 15) is 21.6 Å². The smallest absolute Gasteiger partial charge is 0.243 e. The molecular formula is C19H27N3O6S2. The fourth-order valence-electron chi connectivity index (χ4n) is 3.57. The number of sulfonamides is 2. The van der Waals surface area contributed by atoms with Crippen molar-refractivity contribution >= 4 is 26.0 Å². The van der Waals surface area contributed by atoms with Crippen LogP contribution in [-0.2, 0) is 29.6 Å². The highest BCUT2D eigenvalue weighted by atomic mass is 32.2. The molecule has 0 radical (unpaired) electrons. The maximum absolute atomic E-state index is 13.1. The van der Waals surface area contributed by atoms with Gasteiger partial charge in [-0.3, -0.25) is 4.79 Å². The summed E-state index contributed by atoms with van der Waals surface area (Å²) in [5.74, 6) is -0.336. The maximum atomic E-state index is 13.1. The molecule has 1 amide bonds. The van der Waals surface area contributed by atoms with E-state index in [2.05, 4.69) is 11.9 Å². The molecule has 30 heavy (non-hydrogen) atoms. The van der Waals surface area contributed by atoms with Crippen LogP contribution < -0.4 is 5.32 Å². The van der Waals surface area contributed by atoms with Crippen LogP contribution >= 0.6 is 0 Å². The third-order valence-electron chi connectivity index (χ3n) is 5.24. The lowest BCUT2D eigenvalue weighted by molar-refractivity contribution is -0.117. The molecule has 11 heteroatoms. The molecule has 2 aliphatic heterocycles. The number of amides is 1. The van der Waals surface area contributed by atoms with Crippen molar-refractivity contribution in [1.29, 1.82) is 0 Å². The standard InChI is InChI=1S/C19H27N3O6S2/c1-2-19(23)20-16-5-3-4-10-22(15-16)30(26,27)18-8-6-17(7-9-18)29(24,25)21-11-13-28-14-12-21/h2,6-9,16H,1,3-5,10-15H2,(H,20,23). The second-order valence-electron chi connectivity index (χ2n) is 7.26. The fourth-order valence-corrected chi connectivity index (χ4v) is 6.50. The van der Waals surface area contributed by atoms with Crippen LogP contribution in [0.15, 0.2) is 46.7 Å². The number of carbonyl (C=O) groups is 1. The number of morpholine rings is 1. The van der Waals surface area contributed by atoms with Gasteiger partial charge in [0.2, 0.25) is 26.0 Å². The fraction of sp³-hybridized carbons (Fsp3) is 0.526. The van der Waals surface area contributed by atoms with Crippen molar-refractivity contribution in [3.63, 3.8) is 0 Å². The van der Waals surface area contributed by atoms with Crippen molar-refractivity contribution in [3.05, 3.63) is 36.9 Å². The molecule has 0 aliphatic carbocycles. The van der Waals surface area contributed by atoms with Gasteiger partial charge in [0.05, 0.1) is 23.0 Å². The van der Waals surface area contributed by atoms with Crippen LogP contribution in [0.5, 0.6) is 0 Å². The van der Waals surface area contributed by atoms with Crippen LogP contribution in [0.2, 0.25) is 0 Å². The lowest BCUT2D eigenvalue weighted by Crippen LogP contribution is -2.44. The third-order valence-corrected chi connectivity index (χ3v) is 9.03. The minimum atomic E-state index is -3.82. The Kier molecular flexibility index (Phi) is 7.30. The zero-order valence-corrected chi connectivity index (χ0v) is 18.3. The highest BCUT2D eigenvalue weighted by molar-refractivity contribution is 7.89. The first-order valence-corrected chi connectivity index (χ1v) is 12.7. The van der Waals surface area contributed by atoms with Crippen molar-refractivity contribution in [1.82, 2.24) is 13.9 Å². The van der Waals surface area contributed by atoms with Gasteiger partial charge in [-0.25, -0.2) is 16.8 Å². The molecule has 0 spiro atoms. The number of carbonyl (C=O) groups excluding carboxylic acids is 1. The van der Waals surface area contributed by atoms with Crippen LogP contribution in [0.3, 0.4) is 0 Å². The lowest BCUT2D eigenvalue weighted by Gasteiger charge is -2.26. The molecule has 2 heterocycles. The summed E-state index contributed by atoms with van der Waals surface area (Å²) in [6, 6.07) is 5.00. The predicted octanol–water partition coefficient (Wildman–Crippen LogP) is 0.553. The molecule has 1 unspecified atom stereocenters. The second-order valence-corrected chi connectivity index (χ2v) is 11.1. The molecule has 2 aliphatic rings. The minimum Gasteiger partial charge on any atom is -0.379 e. The Hall–Kier alpha value is -1.79. The van der Waals surface area contributed by atoms with Crippen molar-refractivity contribution in [2.45, 2.75) is 35.1 Å². The van der Waals surface area contributed by atoms with Crippen molar-refractivity contribution in [3.8, 4) is 0 Å². The van der Waals surface area contributed by atoms with Crippen LogP contribution in [0, 0.1) is 0 Å². The van der Waals surface area contributed by atoms with Crippen LogP contribution in [0.25, 0.3) is 0 Å². The van der Waals surface area contributed by atoms with Crippen molar-refractivity contribution in [2.24, 2.45) is 0 Å². The molecule has 166 valence electrons. The van der Waals surface area contributed by atoms with E-state index in [-0.39, 0.29) is 41.4 Å². The Balaban J connectivity index is 1.78. The third kappa shape index (κ3) is 5.09. The molecule has 1 aromatic rings. The zero-order valence-electron chi connectivity index (χ0n) is 16.7.